The summed E-state index contributed by atoms with van der Waals surface area (Å²) in [5.74, 6) is 1.19. The van der Waals surface area contributed by atoms with Crippen LogP contribution in [0, 0.1) is 5.41 Å². The Labute approximate surface area is 188 Å². The van der Waals surface area contributed by atoms with Crippen LogP contribution in [0.3, 0.4) is 0 Å². The summed E-state index contributed by atoms with van der Waals surface area (Å²) in [6.07, 6.45) is 4.39. The fraction of sp³-hybridized carbons (Fsp3) is 0.625. The molecule has 172 valence electrons. The Morgan fingerprint density at radius 1 is 1.25 bits per heavy atom. The Balaban J connectivity index is 1.20. The monoisotopic (exact) mass is 439 g/mol. The first-order chi connectivity index (χ1) is 15.6. The van der Waals surface area contributed by atoms with Gasteiger partial charge >= 0.3 is 0 Å². The molecular weight excluding hydrogens is 406 g/mol. The lowest BCUT2D eigenvalue weighted by Gasteiger charge is -2.36. The van der Waals surface area contributed by atoms with Gasteiger partial charge in [-0.2, -0.15) is 0 Å². The van der Waals surface area contributed by atoms with Gasteiger partial charge in [0.1, 0.15) is 5.82 Å². The van der Waals surface area contributed by atoms with E-state index in [1.54, 1.807) is 0 Å². The van der Waals surface area contributed by atoms with E-state index in [1.807, 2.05) is 29.2 Å². The van der Waals surface area contributed by atoms with Crippen LogP contribution in [0.15, 0.2) is 24.3 Å². The molecule has 2 amide bonds. The van der Waals surface area contributed by atoms with Crippen molar-refractivity contribution in [3.8, 4) is 0 Å². The number of hydrogen-bond donors (Lipinski definition) is 2. The topological polar surface area (TPSA) is 90.6 Å². The van der Waals surface area contributed by atoms with Crippen LogP contribution in [0.4, 0.5) is 0 Å². The van der Waals surface area contributed by atoms with Gasteiger partial charge in [0.2, 0.25) is 11.8 Å². The summed E-state index contributed by atoms with van der Waals surface area (Å²) >= 11 is 0. The van der Waals surface area contributed by atoms with Gasteiger partial charge in [-0.05, 0) is 37.8 Å². The molecule has 3 aliphatic heterocycles. The maximum atomic E-state index is 13.4. The molecule has 3 fully saturated rings. The normalized spacial score (nSPS) is 27.8. The fourth-order valence-electron chi connectivity index (χ4n) is 5.99. The van der Waals surface area contributed by atoms with Crippen molar-refractivity contribution in [1.82, 2.24) is 25.1 Å². The minimum atomic E-state index is -0.401. The predicted octanol–water partition coefficient (Wildman–Crippen LogP) is 1.71. The zero-order valence-corrected chi connectivity index (χ0v) is 18.8. The summed E-state index contributed by atoms with van der Waals surface area (Å²) in [5.41, 5.74) is 1.57. The Bertz CT molecular complexity index is 952. The largest absolute Gasteiger partial charge is 0.378 e. The maximum Gasteiger partial charge on any atom is 0.236 e. The molecule has 8 heteroatoms. The van der Waals surface area contributed by atoms with Gasteiger partial charge in [0, 0.05) is 38.1 Å². The second kappa shape index (κ2) is 8.83. The number of ether oxygens (including phenoxy) is 1. The van der Waals surface area contributed by atoms with Crippen LogP contribution < -0.4 is 5.32 Å². The number of imidazole rings is 1. The Hall–Kier alpha value is -2.45. The molecule has 3 aliphatic rings. The van der Waals surface area contributed by atoms with E-state index in [9.17, 15) is 9.59 Å². The lowest BCUT2D eigenvalue weighted by molar-refractivity contribution is -0.138. The molecule has 0 radical (unpaired) electrons. The summed E-state index contributed by atoms with van der Waals surface area (Å²) < 4.78 is 5.38. The van der Waals surface area contributed by atoms with E-state index in [2.05, 4.69) is 27.1 Å². The number of fused-ring (bicyclic) bond motifs is 3. The highest BCUT2D eigenvalue weighted by Crippen LogP contribution is 2.51. The molecular formula is C24H33N5O3. The molecule has 2 aromatic rings. The van der Waals surface area contributed by atoms with Crippen molar-refractivity contribution in [2.24, 2.45) is 5.41 Å². The van der Waals surface area contributed by atoms with Crippen molar-refractivity contribution < 1.29 is 14.3 Å². The number of carbonyl (C=O) groups excluding carboxylic acids is 2. The highest BCUT2D eigenvalue weighted by Gasteiger charge is 2.58. The molecule has 32 heavy (non-hydrogen) atoms. The van der Waals surface area contributed by atoms with E-state index >= 15 is 0 Å². The van der Waals surface area contributed by atoms with Gasteiger partial charge in [-0.15, -0.1) is 0 Å². The lowest BCUT2D eigenvalue weighted by Crippen LogP contribution is -2.51. The number of carbonyl (C=O) groups is 2. The number of nitrogens with one attached hydrogen (secondary N) is 2. The third kappa shape index (κ3) is 3.79. The lowest BCUT2D eigenvalue weighted by atomic mass is 9.71. The number of amides is 2. The molecule has 0 spiro atoms. The van der Waals surface area contributed by atoms with Crippen molar-refractivity contribution in [3.63, 3.8) is 0 Å². The summed E-state index contributed by atoms with van der Waals surface area (Å²) in [5, 5.41) is 3.19. The first kappa shape index (κ1) is 21.4. The molecule has 3 saturated heterocycles. The Morgan fingerprint density at radius 2 is 2.06 bits per heavy atom. The number of H-pyrrole nitrogens is 1. The SMILES string of the molecule is CC[C@]1(C(=O)NCCc2nc3ccccc3[nH]2)C[C@H]2CC[C@@H]1N2CC(=O)N1CCOCC1. The number of morpholine rings is 1. The molecule has 4 heterocycles. The van der Waals surface area contributed by atoms with E-state index < -0.39 is 5.41 Å². The molecule has 2 N–H and O–H groups in total. The van der Waals surface area contributed by atoms with Crippen molar-refractivity contribution in [2.45, 2.75) is 51.1 Å². The number of aromatic amines is 1. The molecule has 0 aliphatic carbocycles. The summed E-state index contributed by atoms with van der Waals surface area (Å²) in [6.45, 7) is 5.66. The zero-order valence-electron chi connectivity index (χ0n) is 18.8. The minimum absolute atomic E-state index is 0.132. The standard InChI is InChI=1S/C24H33N5O3/c1-2-24(23(31)25-10-9-21-26-18-5-3-4-6-19(18)27-21)15-17-7-8-20(24)29(17)16-22(30)28-11-13-32-14-12-28/h3-6,17,20H,2,7-16H2,1H3,(H,25,31)(H,26,27)/t17-,20+,24+/m1/s1. The highest BCUT2D eigenvalue weighted by atomic mass is 16.5. The van der Waals surface area contributed by atoms with Crippen LogP contribution in [-0.2, 0) is 20.7 Å². The second-order valence-corrected chi connectivity index (χ2v) is 9.33. The van der Waals surface area contributed by atoms with Crippen LogP contribution in [0.1, 0.15) is 38.4 Å². The minimum Gasteiger partial charge on any atom is -0.378 e. The van der Waals surface area contributed by atoms with E-state index in [0.29, 0.717) is 51.9 Å². The van der Waals surface area contributed by atoms with Crippen molar-refractivity contribution in [3.05, 3.63) is 30.1 Å². The first-order valence-corrected chi connectivity index (χ1v) is 11.9. The van der Waals surface area contributed by atoms with E-state index in [1.165, 1.54) is 0 Å². The van der Waals surface area contributed by atoms with E-state index in [0.717, 1.165) is 42.5 Å². The summed E-state index contributed by atoms with van der Waals surface area (Å²) in [7, 11) is 0. The molecule has 8 nitrogen and oxygen atoms in total. The van der Waals surface area contributed by atoms with Crippen molar-refractivity contribution >= 4 is 22.8 Å². The van der Waals surface area contributed by atoms with Gasteiger partial charge in [0.15, 0.2) is 0 Å². The molecule has 1 aromatic heterocycles. The quantitative estimate of drug-likeness (QED) is 0.686. The summed E-state index contributed by atoms with van der Waals surface area (Å²) in [6, 6.07) is 8.44. The summed E-state index contributed by atoms with van der Waals surface area (Å²) in [4.78, 5) is 38.4. The average molecular weight is 440 g/mol. The van der Waals surface area contributed by atoms with Gasteiger partial charge in [0.05, 0.1) is 36.2 Å². The van der Waals surface area contributed by atoms with Crippen molar-refractivity contribution in [2.75, 3.05) is 39.4 Å². The number of aromatic nitrogens is 2. The molecule has 5 rings (SSSR count). The van der Waals surface area contributed by atoms with E-state index in [-0.39, 0.29) is 17.9 Å². The zero-order chi connectivity index (χ0) is 22.1. The molecule has 3 atom stereocenters. The first-order valence-electron chi connectivity index (χ1n) is 11.9. The molecule has 0 unspecified atom stereocenters. The number of rotatable bonds is 7. The van der Waals surface area contributed by atoms with Crippen LogP contribution in [0.2, 0.25) is 0 Å². The number of nitrogens with zero attached hydrogens (tertiary/aromatic N) is 3. The van der Waals surface area contributed by atoms with Gasteiger partial charge in [0.25, 0.3) is 0 Å². The third-order valence-electron chi connectivity index (χ3n) is 7.73. The molecule has 0 saturated carbocycles. The number of hydrogen-bond acceptors (Lipinski definition) is 5. The second-order valence-electron chi connectivity index (χ2n) is 9.33. The number of para-hydroxylation sites is 2. The highest BCUT2D eigenvalue weighted by molar-refractivity contribution is 5.85. The van der Waals surface area contributed by atoms with Gasteiger partial charge in [-0.3, -0.25) is 14.5 Å². The van der Waals surface area contributed by atoms with E-state index in [4.69, 9.17) is 4.74 Å². The van der Waals surface area contributed by atoms with Crippen LogP contribution in [-0.4, -0.2) is 83.1 Å². The number of benzene rings is 1. The van der Waals surface area contributed by atoms with Crippen LogP contribution in [0.25, 0.3) is 11.0 Å². The molecule has 2 bridgehead atoms. The Morgan fingerprint density at radius 3 is 2.84 bits per heavy atom. The maximum absolute atomic E-state index is 13.4. The third-order valence-corrected chi connectivity index (χ3v) is 7.73. The fourth-order valence-corrected chi connectivity index (χ4v) is 5.99. The van der Waals surface area contributed by atoms with Gasteiger partial charge in [-0.25, -0.2) is 4.98 Å². The van der Waals surface area contributed by atoms with Crippen LogP contribution in [0.5, 0.6) is 0 Å². The van der Waals surface area contributed by atoms with Crippen LogP contribution >= 0.6 is 0 Å². The van der Waals surface area contributed by atoms with Gasteiger partial charge < -0.3 is 19.9 Å². The Kier molecular flexibility index (Phi) is 5.90. The predicted molar refractivity (Wildman–Crippen MR) is 121 cm³/mol. The molecule has 1 aromatic carbocycles. The average Bonchev–Trinajstić information content (AvgIpc) is 3.50. The smallest absolute Gasteiger partial charge is 0.236 e. The van der Waals surface area contributed by atoms with Gasteiger partial charge in [-0.1, -0.05) is 19.1 Å². The van der Waals surface area contributed by atoms with Crippen molar-refractivity contribution in [1.29, 1.82) is 0 Å².